The summed E-state index contributed by atoms with van der Waals surface area (Å²) >= 11 is 0. The summed E-state index contributed by atoms with van der Waals surface area (Å²) in [6.07, 6.45) is 2.49. The Morgan fingerprint density at radius 2 is 1.47 bits per heavy atom. The Bertz CT molecular complexity index is 910. The first-order valence-corrected chi connectivity index (χ1v) is 10.7. The van der Waals surface area contributed by atoms with Crippen molar-refractivity contribution in [2.45, 2.75) is 86.5 Å². The second kappa shape index (κ2) is 10.1. The van der Waals surface area contributed by atoms with E-state index in [9.17, 15) is 9.59 Å². The number of aryl methyl sites for hydroxylation is 1. The highest BCUT2D eigenvalue weighted by atomic mass is 16.5. The third kappa shape index (κ3) is 5.18. The molecule has 2 rings (SSSR count). The molecular weight excluding hydrogens is 378 g/mol. The molecule has 0 aliphatic rings. The molecule has 2 aromatic rings. The van der Waals surface area contributed by atoms with Crippen LogP contribution in [0.1, 0.15) is 82.0 Å². The number of benzene rings is 1. The normalized spacial score (nSPS) is 12.1. The van der Waals surface area contributed by atoms with E-state index in [0.29, 0.717) is 32.1 Å². The Labute approximate surface area is 180 Å². The fraction of sp³-hybridized carbons (Fsp3) is 0.560. The largest absolute Gasteiger partial charge is 0.469 e. The van der Waals surface area contributed by atoms with E-state index in [2.05, 4.69) is 39.8 Å². The quantitative estimate of drug-likeness (QED) is 0.510. The minimum Gasteiger partial charge on any atom is -0.469 e. The molecule has 1 heterocycles. The summed E-state index contributed by atoms with van der Waals surface area (Å²) in [6, 6.07) is 0. The van der Waals surface area contributed by atoms with Gasteiger partial charge in [-0.15, -0.1) is 0 Å². The van der Waals surface area contributed by atoms with Crippen LogP contribution in [0.3, 0.4) is 0 Å². The average molecular weight is 414 g/mol. The monoisotopic (exact) mass is 413 g/mol. The van der Waals surface area contributed by atoms with Gasteiger partial charge in [-0.05, 0) is 94.7 Å². The summed E-state index contributed by atoms with van der Waals surface area (Å²) in [6.45, 7) is 14.5. The molecule has 5 nitrogen and oxygen atoms in total. The van der Waals surface area contributed by atoms with Crippen LogP contribution in [0.15, 0.2) is 4.52 Å². The standard InChI is InChI=1S/C25H35NO4/c1-14-15(2)17(4)23(18(5)16(14)3)13-22(27)12-21(10-9-11-24(28)29-8)25-19(6)20(7)30-26-25/h21H,9-13H2,1-8H3. The van der Waals surface area contributed by atoms with Crippen LogP contribution in [0, 0.1) is 48.5 Å². The molecule has 164 valence electrons. The van der Waals surface area contributed by atoms with Crippen molar-refractivity contribution in [3.05, 3.63) is 50.4 Å². The molecule has 1 unspecified atom stereocenters. The minimum atomic E-state index is -0.231. The number of ether oxygens (including phenoxy) is 1. The molecule has 0 saturated carbocycles. The van der Waals surface area contributed by atoms with Gasteiger partial charge >= 0.3 is 5.97 Å². The Kier molecular flexibility index (Phi) is 7.99. The minimum absolute atomic E-state index is 0.0622. The zero-order valence-corrected chi connectivity index (χ0v) is 19.7. The summed E-state index contributed by atoms with van der Waals surface area (Å²) in [7, 11) is 1.39. The van der Waals surface area contributed by atoms with Crippen molar-refractivity contribution in [2.24, 2.45) is 0 Å². The van der Waals surface area contributed by atoms with Gasteiger partial charge in [-0.1, -0.05) is 5.16 Å². The van der Waals surface area contributed by atoms with E-state index in [0.717, 1.165) is 22.6 Å². The second-order valence-corrected chi connectivity index (χ2v) is 8.44. The highest BCUT2D eigenvalue weighted by Gasteiger charge is 2.24. The third-order valence-corrected chi connectivity index (χ3v) is 6.74. The highest BCUT2D eigenvalue weighted by Crippen LogP contribution is 2.31. The number of esters is 1. The van der Waals surface area contributed by atoms with Gasteiger partial charge in [0.2, 0.25) is 0 Å². The first-order valence-electron chi connectivity index (χ1n) is 10.7. The summed E-state index contributed by atoms with van der Waals surface area (Å²) in [5.74, 6) is 0.664. The van der Waals surface area contributed by atoms with Crippen LogP contribution in [-0.2, 0) is 20.7 Å². The molecule has 0 radical (unpaired) electrons. The number of ketones is 1. The fourth-order valence-corrected chi connectivity index (χ4v) is 4.13. The van der Waals surface area contributed by atoms with Crippen molar-refractivity contribution < 1.29 is 18.8 Å². The van der Waals surface area contributed by atoms with Crippen LogP contribution >= 0.6 is 0 Å². The molecule has 0 amide bonds. The Balaban J connectivity index is 2.22. The Morgan fingerprint density at radius 1 is 0.900 bits per heavy atom. The maximum absolute atomic E-state index is 13.1. The predicted octanol–water partition coefficient (Wildman–Crippen LogP) is 5.46. The molecule has 0 aliphatic carbocycles. The number of rotatable bonds is 9. The van der Waals surface area contributed by atoms with Crippen LogP contribution < -0.4 is 0 Å². The van der Waals surface area contributed by atoms with E-state index >= 15 is 0 Å². The number of carbonyl (C=O) groups is 2. The maximum atomic E-state index is 13.1. The topological polar surface area (TPSA) is 69.4 Å². The number of methoxy groups -OCH3 is 1. The maximum Gasteiger partial charge on any atom is 0.305 e. The average Bonchev–Trinajstić information content (AvgIpc) is 3.05. The molecular formula is C25H35NO4. The first kappa shape index (κ1) is 23.8. The van der Waals surface area contributed by atoms with Gasteiger partial charge in [0.05, 0.1) is 12.8 Å². The summed E-state index contributed by atoms with van der Waals surface area (Å²) in [5, 5.41) is 4.23. The van der Waals surface area contributed by atoms with E-state index in [-0.39, 0.29) is 17.7 Å². The number of carbonyl (C=O) groups excluding carboxylic acids is 2. The second-order valence-electron chi connectivity index (χ2n) is 8.44. The predicted molar refractivity (Wildman–Crippen MR) is 118 cm³/mol. The van der Waals surface area contributed by atoms with Crippen molar-refractivity contribution in [1.82, 2.24) is 5.16 Å². The molecule has 0 N–H and O–H groups in total. The van der Waals surface area contributed by atoms with Gasteiger partial charge in [0.25, 0.3) is 0 Å². The number of nitrogens with zero attached hydrogens (tertiary/aromatic N) is 1. The van der Waals surface area contributed by atoms with Gasteiger partial charge in [0.15, 0.2) is 0 Å². The lowest BCUT2D eigenvalue weighted by atomic mass is 9.85. The van der Waals surface area contributed by atoms with Gasteiger partial charge in [0, 0.05) is 30.7 Å². The molecule has 1 aromatic carbocycles. The Morgan fingerprint density at radius 3 is 1.97 bits per heavy atom. The molecule has 0 saturated heterocycles. The van der Waals surface area contributed by atoms with Crippen molar-refractivity contribution >= 4 is 11.8 Å². The lowest BCUT2D eigenvalue weighted by molar-refractivity contribution is -0.140. The van der Waals surface area contributed by atoms with Gasteiger partial charge in [0.1, 0.15) is 11.5 Å². The number of aromatic nitrogens is 1. The van der Waals surface area contributed by atoms with Crippen molar-refractivity contribution in [3.8, 4) is 0 Å². The molecule has 0 fully saturated rings. The van der Waals surface area contributed by atoms with Crippen molar-refractivity contribution in [1.29, 1.82) is 0 Å². The third-order valence-electron chi connectivity index (χ3n) is 6.74. The number of hydrogen-bond donors (Lipinski definition) is 0. The summed E-state index contributed by atoms with van der Waals surface area (Å²) in [4.78, 5) is 24.6. The zero-order valence-electron chi connectivity index (χ0n) is 19.7. The van der Waals surface area contributed by atoms with Crippen molar-refractivity contribution in [3.63, 3.8) is 0 Å². The van der Waals surface area contributed by atoms with Gasteiger partial charge in [-0.2, -0.15) is 0 Å². The van der Waals surface area contributed by atoms with E-state index in [4.69, 9.17) is 9.26 Å². The lowest BCUT2D eigenvalue weighted by Gasteiger charge is -2.19. The lowest BCUT2D eigenvalue weighted by Crippen LogP contribution is -2.14. The van der Waals surface area contributed by atoms with Gasteiger partial charge in [-0.3, -0.25) is 9.59 Å². The number of hydrogen-bond acceptors (Lipinski definition) is 5. The molecule has 0 bridgehead atoms. The Hall–Kier alpha value is -2.43. The van der Waals surface area contributed by atoms with E-state index in [1.165, 1.54) is 34.9 Å². The van der Waals surface area contributed by atoms with Crippen LogP contribution in [0.25, 0.3) is 0 Å². The van der Waals surface area contributed by atoms with Crippen LogP contribution in [0.4, 0.5) is 0 Å². The van der Waals surface area contributed by atoms with Crippen molar-refractivity contribution in [2.75, 3.05) is 7.11 Å². The SMILES string of the molecule is COC(=O)CCCC(CC(=O)Cc1c(C)c(C)c(C)c(C)c1C)c1noc(C)c1C. The molecule has 1 aromatic heterocycles. The zero-order chi connectivity index (χ0) is 22.6. The molecule has 0 spiro atoms. The fourth-order valence-electron chi connectivity index (χ4n) is 4.13. The highest BCUT2D eigenvalue weighted by molar-refractivity contribution is 5.82. The van der Waals surface area contributed by atoms with Crippen LogP contribution in [-0.4, -0.2) is 24.0 Å². The number of Topliss-reactive ketones (excluding diaryl/α,β-unsaturated/α-hetero) is 1. The summed E-state index contributed by atoms with van der Waals surface area (Å²) in [5.41, 5.74) is 9.20. The van der Waals surface area contributed by atoms with Gasteiger partial charge < -0.3 is 9.26 Å². The smallest absolute Gasteiger partial charge is 0.305 e. The van der Waals surface area contributed by atoms with E-state index < -0.39 is 0 Å². The first-order chi connectivity index (χ1) is 14.1. The van der Waals surface area contributed by atoms with Crippen LogP contribution in [0.2, 0.25) is 0 Å². The van der Waals surface area contributed by atoms with Crippen LogP contribution in [0.5, 0.6) is 0 Å². The van der Waals surface area contributed by atoms with E-state index in [1.807, 2.05) is 13.8 Å². The van der Waals surface area contributed by atoms with Gasteiger partial charge in [-0.25, -0.2) is 0 Å². The molecule has 1 atom stereocenters. The summed E-state index contributed by atoms with van der Waals surface area (Å²) < 4.78 is 10.1. The molecule has 30 heavy (non-hydrogen) atoms. The van der Waals surface area contributed by atoms with E-state index in [1.54, 1.807) is 0 Å². The molecule has 5 heteroatoms. The molecule has 0 aliphatic heterocycles.